The van der Waals surface area contributed by atoms with E-state index in [1.54, 1.807) is 19.1 Å². The summed E-state index contributed by atoms with van der Waals surface area (Å²) >= 11 is 0. The molecule has 0 unspecified atom stereocenters. The number of rotatable bonds is 4. The minimum absolute atomic E-state index is 0.0209. The summed E-state index contributed by atoms with van der Waals surface area (Å²) < 4.78 is 66.0. The van der Waals surface area contributed by atoms with E-state index in [0.29, 0.717) is 4.31 Å². The first-order valence-corrected chi connectivity index (χ1v) is 8.01. The van der Waals surface area contributed by atoms with E-state index in [0.717, 1.165) is 29.8 Å². The molecule has 0 bridgehead atoms. The van der Waals surface area contributed by atoms with Gasteiger partial charge in [0.05, 0.1) is 10.6 Å². The lowest BCUT2D eigenvalue weighted by molar-refractivity contribution is -0.274. The van der Waals surface area contributed by atoms with E-state index >= 15 is 0 Å². The number of anilines is 1. The Labute approximate surface area is 137 Å². The van der Waals surface area contributed by atoms with Crippen LogP contribution < -0.4 is 9.04 Å². The van der Waals surface area contributed by atoms with Crippen molar-refractivity contribution in [2.75, 3.05) is 4.31 Å². The van der Waals surface area contributed by atoms with Crippen LogP contribution in [0.3, 0.4) is 0 Å². The second kappa shape index (κ2) is 6.45. The average molecular weight is 355 g/mol. The van der Waals surface area contributed by atoms with Gasteiger partial charge in [-0.25, -0.2) is 8.42 Å². The zero-order valence-corrected chi connectivity index (χ0v) is 13.2. The molecule has 0 aliphatic carbocycles. The van der Waals surface area contributed by atoms with Crippen molar-refractivity contribution in [1.29, 1.82) is 0 Å². The molecule has 0 amide bonds. The lowest BCUT2D eigenvalue weighted by atomic mass is 10.2. The quantitative estimate of drug-likeness (QED) is 0.621. The topological polar surface area (TPSA) is 46.6 Å². The smallest absolute Gasteiger partial charge is 0.406 e. The Kier molecular flexibility index (Phi) is 4.76. The van der Waals surface area contributed by atoms with Gasteiger partial charge in [-0.05, 0) is 43.3 Å². The number of alkyl halides is 3. The zero-order chi connectivity index (χ0) is 18.0. The molecule has 8 heteroatoms. The lowest BCUT2D eigenvalue weighted by Gasteiger charge is -2.18. The molecular formula is C16H12F3NO3S. The van der Waals surface area contributed by atoms with Crippen LogP contribution in [0, 0.1) is 19.4 Å². The van der Waals surface area contributed by atoms with E-state index < -0.39 is 22.1 Å². The Morgan fingerprint density at radius 1 is 1.04 bits per heavy atom. The van der Waals surface area contributed by atoms with Gasteiger partial charge in [-0.1, -0.05) is 24.1 Å². The minimum Gasteiger partial charge on any atom is -0.406 e. The van der Waals surface area contributed by atoms with Gasteiger partial charge in [0.2, 0.25) is 0 Å². The maximum absolute atomic E-state index is 12.6. The number of aryl methyl sites for hydroxylation is 1. The maximum atomic E-state index is 12.6. The van der Waals surface area contributed by atoms with Gasteiger partial charge in [0.25, 0.3) is 10.0 Å². The first-order valence-electron chi connectivity index (χ1n) is 6.57. The molecule has 0 heterocycles. The van der Waals surface area contributed by atoms with Gasteiger partial charge < -0.3 is 4.74 Å². The van der Waals surface area contributed by atoms with E-state index in [4.69, 9.17) is 6.42 Å². The molecule has 0 aromatic heterocycles. The molecule has 0 spiro atoms. The summed E-state index contributed by atoms with van der Waals surface area (Å²) in [4.78, 5) is -0.0262. The molecule has 126 valence electrons. The van der Waals surface area contributed by atoms with E-state index in [1.807, 2.05) is 6.04 Å². The van der Waals surface area contributed by atoms with Crippen LogP contribution >= 0.6 is 0 Å². The summed E-state index contributed by atoms with van der Waals surface area (Å²) in [5.74, 6) is -0.476. The van der Waals surface area contributed by atoms with Crippen molar-refractivity contribution in [1.82, 2.24) is 0 Å². The molecule has 0 saturated heterocycles. The number of halogens is 3. The average Bonchev–Trinajstić information content (AvgIpc) is 2.48. The Morgan fingerprint density at radius 2 is 1.58 bits per heavy atom. The van der Waals surface area contributed by atoms with Crippen LogP contribution in [0.1, 0.15) is 5.56 Å². The third kappa shape index (κ3) is 4.00. The van der Waals surface area contributed by atoms with Crippen molar-refractivity contribution in [2.45, 2.75) is 18.2 Å². The third-order valence-corrected chi connectivity index (χ3v) is 4.65. The largest absolute Gasteiger partial charge is 0.573 e. The van der Waals surface area contributed by atoms with Gasteiger partial charge >= 0.3 is 6.36 Å². The second-order valence-electron chi connectivity index (χ2n) is 4.75. The minimum atomic E-state index is -4.83. The van der Waals surface area contributed by atoms with Crippen LogP contribution in [0.2, 0.25) is 0 Å². The van der Waals surface area contributed by atoms with Gasteiger partial charge in [0, 0.05) is 6.04 Å². The first kappa shape index (κ1) is 17.7. The molecule has 2 aromatic carbocycles. The normalized spacial score (nSPS) is 11.6. The van der Waals surface area contributed by atoms with Crippen LogP contribution in [0.25, 0.3) is 0 Å². The van der Waals surface area contributed by atoms with Gasteiger partial charge in [-0.2, -0.15) is 4.31 Å². The number of hydrogen-bond acceptors (Lipinski definition) is 3. The highest BCUT2D eigenvalue weighted by atomic mass is 32.2. The van der Waals surface area contributed by atoms with Gasteiger partial charge in [0.1, 0.15) is 5.75 Å². The fourth-order valence-electron chi connectivity index (χ4n) is 1.88. The SMILES string of the molecule is C#CN(c1ccc(OC(F)(F)F)cc1)S(=O)(=O)c1ccc(C)cc1. The number of nitrogens with zero attached hydrogens (tertiary/aromatic N) is 1. The number of benzene rings is 2. The molecule has 24 heavy (non-hydrogen) atoms. The Hall–Kier alpha value is -2.66. The van der Waals surface area contributed by atoms with Crippen molar-refractivity contribution < 1.29 is 26.3 Å². The Bertz CT molecular complexity index is 851. The van der Waals surface area contributed by atoms with Crippen LogP contribution in [0.4, 0.5) is 18.9 Å². The Morgan fingerprint density at radius 3 is 2.04 bits per heavy atom. The molecule has 0 aliphatic heterocycles. The molecular weight excluding hydrogens is 343 g/mol. The van der Waals surface area contributed by atoms with Crippen molar-refractivity contribution in [3.05, 3.63) is 54.1 Å². The summed E-state index contributed by atoms with van der Waals surface area (Å²) in [6, 6.07) is 12.3. The van der Waals surface area contributed by atoms with Gasteiger partial charge in [0.15, 0.2) is 0 Å². The molecule has 0 atom stereocenters. The van der Waals surface area contributed by atoms with Gasteiger partial charge in [-0.3, -0.25) is 0 Å². The van der Waals surface area contributed by atoms with Crippen molar-refractivity contribution >= 4 is 15.7 Å². The highest BCUT2D eigenvalue weighted by Gasteiger charge is 2.31. The molecule has 0 N–H and O–H groups in total. The monoisotopic (exact) mass is 355 g/mol. The number of hydrogen-bond donors (Lipinski definition) is 0. The highest BCUT2D eigenvalue weighted by Crippen LogP contribution is 2.28. The van der Waals surface area contributed by atoms with E-state index in [9.17, 15) is 21.6 Å². The molecule has 2 rings (SSSR count). The number of terminal acetylenes is 1. The summed E-state index contributed by atoms with van der Waals surface area (Å²) in [6.45, 7) is 1.80. The van der Waals surface area contributed by atoms with E-state index in [-0.39, 0.29) is 10.6 Å². The fourth-order valence-corrected chi connectivity index (χ4v) is 3.11. The summed E-state index contributed by atoms with van der Waals surface area (Å²) in [7, 11) is -4.03. The highest BCUT2D eigenvalue weighted by molar-refractivity contribution is 7.93. The fraction of sp³-hybridized carbons (Fsp3) is 0.125. The van der Waals surface area contributed by atoms with E-state index in [1.165, 1.54) is 12.1 Å². The predicted molar refractivity (Wildman–Crippen MR) is 82.8 cm³/mol. The van der Waals surface area contributed by atoms with Crippen molar-refractivity contribution in [2.24, 2.45) is 0 Å². The Balaban J connectivity index is 2.34. The second-order valence-corrected chi connectivity index (χ2v) is 6.54. The summed E-state index contributed by atoms with van der Waals surface area (Å²) in [6.07, 6.45) is 0.451. The standard InChI is InChI=1S/C16H12F3NO3S/c1-3-20(24(21,22)15-10-4-12(2)5-11-15)13-6-8-14(9-7-13)23-16(17,18)19/h1,4-11H,2H3. The van der Waals surface area contributed by atoms with Gasteiger partial charge in [-0.15, -0.1) is 13.2 Å². The molecule has 2 aromatic rings. The molecule has 4 nitrogen and oxygen atoms in total. The van der Waals surface area contributed by atoms with Crippen LogP contribution in [-0.4, -0.2) is 14.8 Å². The van der Waals surface area contributed by atoms with Crippen LogP contribution in [0.5, 0.6) is 5.75 Å². The summed E-state index contributed by atoms with van der Waals surface area (Å²) in [5, 5.41) is 0. The molecule has 0 saturated carbocycles. The van der Waals surface area contributed by atoms with Crippen LogP contribution in [0.15, 0.2) is 53.4 Å². The maximum Gasteiger partial charge on any atom is 0.573 e. The molecule has 0 aliphatic rings. The summed E-state index contributed by atoms with van der Waals surface area (Å²) in [5.41, 5.74) is 0.891. The molecule has 0 radical (unpaired) electrons. The van der Waals surface area contributed by atoms with Crippen molar-refractivity contribution in [3.8, 4) is 18.2 Å². The van der Waals surface area contributed by atoms with Crippen LogP contribution in [-0.2, 0) is 10.0 Å². The first-order chi connectivity index (χ1) is 11.1. The zero-order valence-electron chi connectivity index (χ0n) is 12.4. The predicted octanol–water partition coefficient (Wildman–Crippen LogP) is 3.68. The lowest BCUT2D eigenvalue weighted by Crippen LogP contribution is -2.26. The van der Waals surface area contributed by atoms with E-state index in [2.05, 4.69) is 4.74 Å². The number of ether oxygens (including phenoxy) is 1. The molecule has 0 fully saturated rings. The van der Waals surface area contributed by atoms with Crippen molar-refractivity contribution in [3.63, 3.8) is 0 Å². The third-order valence-electron chi connectivity index (χ3n) is 2.98. The number of sulfonamides is 1.